The van der Waals surface area contributed by atoms with Crippen LogP contribution in [0, 0.1) is 17.8 Å². The van der Waals surface area contributed by atoms with E-state index in [-0.39, 0.29) is 42.6 Å². The number of ketones is 1. The number of amides is 4. The minimum absolute atomic E-state index is 0.0765. The maximum Gasteiger partial charge on any atom is 0.287 e. The molecule has 5 atom stereocenters. The van der Waals surface area contributed by atoms with E-state index in [0.717, 1.165) is 36.5 Å². The van der Waals surface area contributed by atoms with Gasteiger partial charge in [-0.15, -0.1) is 11.3 Å². The van der Waals surface area contributed by atoms with Crippen molar-refractivity contribution in [3.63, 3.8) is 0 Å². The van der Waals surface area contributed by atoms with Crippen molar-refractivity contribution in [1.82, 2.24) is 20.5 Å². The van der Waals surface area contributed by atoms with Gasteiger partial charge in [0.1, 0.15) is 18.3 Å². The van der Waals surface area contributed by atoms with Crippen molar-refractivity contribution < 1.29 is 24.0 Å². The second-order valence-corrected chi connectivity index (χ2v) is 12.7. The molecule has 4 unspecified atom stereocenters. The number of carbonyl (C=O) groups is 5. The average molecular weight is 618 g/mol. The molecule has 13 heteroatoms. The number of nitrogens with zero attached hydrogens (tertiary/aromatic N) is 1. The maximum absolute atomic E-state index is 13.2. The van der Waals surface area contributed by atoms with Crippen LogP contribution in [0.4, 0.5) is 5.69 Å². The Hall–Kier alpha value is -3.51. The number of hydrogen-bond donors (Lipinski definition) is 4. The lowest BCUT2D eigenvalue weighted by molar-refractivity contribution is -0.137. The van der Waals surface area contributed by atoms with E-state index in [1.165, 1.54) is 54.2 Å². The van der Waals surface area contributed by atoms with Crippen LogP contribution < -0.4 is 26.8 Å². The highest BCUT2D eigenvalue weighted by Crippen LogP contribution is 2.42. The summed E-state index contributed by atoms with van der Waals surface area (Å²) in [5.74, 6) is -1.65. The first-order valence-corrected chi connectivity index (χ1v) is 15.4. The van der Waals surface area contributed by atoms with Gasteiger partial charge in [-0.2, -0.15) is 0 Å². The first-order chi connectivity index (χ1) is 20.0. The Balaban J connectivity index is 1.43. The van der Waals surface area contributed by atoms with Gasteiger partial charge in [-0.1, -0.05) is 31.4 Å². The number of nitrogens with one attached hydrogen (secondary N) is 4. The monoisotopic (exact) mass is 617 g/mol. The molecule has 11 nitrogen and oxygen atoms in total. The minimum atomic E-state index is -1.24. The van der Waals surface area contributed by atoms with E-state index < -0.39 is 35.1 Å². The fourth-order valence-corrected chi connectivity index (χ4v) is 6.96. The molecule has 2 saturated carbocycles. The lowest BCUT2D eigenvalue weighted by Crippen LogP contribution is -2.50. The SMILES string of the molecule is CNC(=O)C(=O)CC[C@H](NC(=O)c1csc(Cl)c1)C(=O)Nc1cccn(CC(=O)NC2C(C)CC3CCCC2C3)c1=O. The van der Waals surface area contributed by atoms with E-state index in [2.05, 4.69) is 28.2 Å². The number of fused-ring (bicyclic) bond motifs is 2. The van der Waals surface area contributed by atoms with Gasteiger partial charge in [-0.3, -0.25) is 28.8 Å². The molecule has 2 aromatic heterocycles. The van der Waals surface area contributed by atoms with E-state index in [4.69, 9.17) is 11.6 Å². The van der Waals surface area contributed by atoms with Crippen LogP contribution in [0.5, 0.6) is 0 Å². The van der Waals surface area contributed by atoms with Crippen LogP contribution >= 0.6 is 22.9 Å². The van der Waals surface area contributed by atoms with E-state index >= 15 is 0 Å². The number of pyridine rings is 1. The van der Waals surface area contributed by atoms with Crippen molar-refractivity contribution in [3.05, 3.63) is 50.0 Å². The highest BCUT2D eigenvalue weighted by Gasteiger charge is 2.38. The van der Waals surface area contributed by atoms with E-state index in [1.807, 2.05) is 0 Å². The average Bonchev–Trinajstić information content (AvgIpc) is 3.41. The van der Waals surface area contributed by atoms with Crippen molar-refractivity contribution in [2.45, 2.75) is 70.5 Å². The normalized spacial score (nSPS) is 22.0. The van der Waals surface area contributed by atoms with Crippen LogP contribution in [0.15, 0.2) is 34.6 Å². The Bertz CT molecular complexity index is 1400. The molecule has 0 radical (unpaired) electrons. The number of carbonyl (C=O) groups excluding carboxylic acids is 5. The van der Waals surface area contributed by atoms with Crippen molar-refractivity contribution in [2.75, 3.05) is 12.4 Å². The summed E-state index contributed by atoms with van der Waals surface area (Å²) in [7, 11) is 1.31. The first-order valence-electron chi connectivity index (χ1n) is 14.1. The van der Waals surface area contributed by atoms with Crippen LogP contribution in [0.1, 0.15) is 62.2 Å². The summed E-state index contributed by atoms with van der Waals surface area (Å²) in [4.78, 5) is 75.9. The molecule has 0 aliphatic heterocycles. The minimum Gasteiger partial charge on any atom is -0.353 e. The molecule has 0 aromatic carbocycles. The van der Waals surface area contributed by atoms with Gasteiger partial charge in [0.15, 0.2) is 0 Å². The molecule has 4 amide bonds. The number of anilines is 1. The van der Waals surface area contributed by atoms with Crippen molar-refractivity contribution >= 4 is 58.0 Å². The Labute approximate surface area is 252 Å². The van der Waals surface area contributed by atoms with Gasteiger partial charge >= 0.3 is 0 Å². The Morgan fingerprint density at radius 1 is 1.17 bits per heavy atom. The molecule has 0 spiro atoms. The van der Waals surface area contributed by atoms with E-state index in [1.54, 1.807) is 0 Å². The molecule has 4 N–H and O–H groups in total. The molecule has 2 aromatic rings. The Morgan fingerprint density at radius 3 is 2.67 bits per heavy atom. The lowest BCUT2D eigenvalue weighted by atomic mass is 9.65. The topological polar surface area (TPSA) is 155 Å². The summed E-state index contributed by atoms with van der Waals surface area (Å²) in [5, 5.41) is 12.0. The smallest absolute Gasteiger partial charge is 0.287 e. The molecule has 2 aliphatic carbocycles. The summed E-state index contributed by atoms with van der Waals surface area (Å²) < 4.78 is 1.60. The fraction of sp³-hybridized carbons (Fsp3) is 0.517. The third-order valence-electron chi connectivity index (χ3n) is 8.16. The first kappa shape index (κ1) is 31.4. The number of aromatic nitrogens is 1. The molecule has 2 heterocycles. The Morgan fingerprint density at radius 2 is 1.95 bits per heavy atom. The Kier molecular flexibility index (Phi) is 10.6. The molecule has 42 heavy (non-hydrogen) atoms. The van der Waals surface area contributed by atoms with Crippen molar-refractivity contribution in [2.24, 2.45) is 17.8 Å². The number of hydrogen-bond acceptors (Lipinski definition) is 7. The van der Waals surface area contributed by atoms with Crippen LogP contribution in [-0.4, -0.2) is 53.1 Å². The quantitative estimate of drug-likeness (QED) is 0.284. The summed E-state index contributed by atoms with van der Waals surface area (Å²) in [6.07, 6.45) is 6.72. The zero-order valence-corrected chi connectivity index (χ0v) is 25.2. The summed E-state index contributed by atoms with van der Waals surface area (Å²) >= 11 is 7.06. The van der Waals surface area contributed by atoms with Gasteiger partial charge in [0, 0.05) is 31.1 Å². The van der Waals surface area contributed by atoms with Crippen molar-refractivity contribution in [3.8, 4) is 0 Å². The number of rotatable bonds is 11. The van der Waals surface area contributed by atoms with E-state index in [9.17, 15) is 28.8 Å². The lowest BCUT2D eigenvalue weighted by Gasteiger charge is -2.44. The largest absolute Gasteiger partial charge is 0.353 e. The predicted octanol–water partition coefficient (Wildman–Crippen LogP) is 2.73. The van der Waals surface area contributed by atoms with Crippen LogP contribution in [-0.2, 0) is 25.7 Å². The highest BCUT2D eigenvalue weighted by molar-refractivity contribution is 7.14. The summed E-state index contributed by atoms with van der Waals surface area (Å²) in [6.45, 7) is 1.96. The van der Waals surface area contributed by atoms with Crippen LogP contribution in [0.25, 0.3) is 0 Å². The van der Waals surface area contributed by atoms with Gasteiger partial charge in [-0.25, -0.2) is 0 Å². The zero-order valence-electron chi connectivity index (χ0n) is 23.6. The standard InChI is InChI=1S/C29H36ClN5O6S/c1-16-11-17-5-3-6-18(12-17)25(16)34-24(37)14-35-10-4-7-21(29(35)41)33-27(39)20(8-9-22(36)28(40)31-2)32-26(38)19-13-23(30)42-15-19/h4,7,10,13,15-18,20,25H,3,5-6,8-9,11-12,14H2,1-2H3,(H,31,40)(H,32,38)(H,33,39)(H,34,37)/t16?,17?,18?,20-,25?/m0/s1. The zero-order chi connectivity index (χ0) is 30.4. The molecular formula is C29H36ClN5O6S. The predicted molar refractivity (Wildman–Crippen MR) is 159 cm³/mol. The molecular weight excluding hydrogens is 582 g/mol. The molecule has 2 bridgehead atoms. The molecule has 2 aliphatic rings. The highest BCUT2D eigenvalue weighted by atomic mass is 35.5. The molecule has 226 valence electrons. The van der Waals surface area contributed by atoms with Gasteiger partial charge < -0.3 is 25.8 Å². The van der Waals surface area contributed by atoms with Gasteiger partial charge in [0.25, 0.3) is 17.4 Å². The number of halogens is 1. The molecule has 4 rings (SSSR count). The maximum atomic E-state index is 13.2. The van der Waals surface area contributed by atoms with Crippen LogP contribution in [0.3, 0.4) is 0 Å². The second kappa shape index (κ2) is 14.1. The summed E-state index contributed by atoms with van der Waals surface area (Å²) in [6, 6.07) is 3.21. The van der Waals surface area contributed by atoms with Gasteiger partial charge in [-0.05, 0) is 61.6 Å². The number of likely N-dealkylation sites (N-methyl/N-ethyl adjacent to an activating group) is 1. The van der Waals surface area contributed by atoms with Gasteiger partial charge in [0.05, 0.1) is 9.90 Å². The van der Waals surface area contributed by atoms with Gasteiger partial charge in [0.2, 0.25) is 17.6 Å². The fourth-order valence-electron chi connectivity index (χ4n) is 6.10. The third-order valence-corrected chi connectivity index (χ3v) is 9.25. The molecule has 2 fully saturated rings. The van der Waals surface area contributed by atoms with E-state index in [0.29, 0.717) is 16.2 Å². The number of Topliss-reactive ketones (excluding diaryl/α,β-unsaturated/α-hetero) is 1. The second-order valence-electron chi connectivity index (χ2n) is 11.1. The summed E-state index contributed by atoms with van der Waals surface area (Å²) in [5.41, 5.74) is -0.456. The number of thiophene rings is 1. The molecule has 0 saturated heterocycles. The third kappa shape index (κ3) is 7.86. The van der Waals surface area contributed by atoms with Crippen LogP contribution in [0.2, 0.25) is 4.34 Å². The van der Waals surface area contributed by atoms with Crippen molar-refractivity contribution in [1.29, 1.82) is 0 Å².